The quantitative estimate of drug-likeness (QED) is 0.839. The minimum absolute atomic E-state index is 0.128. The zero-order valence-corrected chi connectivity index (χ0v) is 12.6. The first kappa shape index (κ1) is 14.4. The molecular formula is C12H11Cl3N2O3. The highest BCUT2D eigenvalue weighted by Crippen LogP contribution is 2.36. The van der Waals surface area contributed by atoms with Gasteiger partial charge in [-0.15, -0.1) is 0 Å². The number of benzene rings is 1. The highest BCUT2D eigenvalue weighted by molar-refractivity contribution is 6.42. The molecule has 1 saturated heterocycles. The molecule has 5 nitrogen and oxygen atoms in total. The molecule has 1 aromatic heterocycles. The fraction of sp³-hybridized carbons (Fsp3) is 0.417. The second-order valence-corrected chi connectivity index (χ2v) is 5.87. The Labute approximate surface area is 129 Å². The van der Waals surface area contributed by atoms with Gasteiger partial charge in [0.05, 0.1) is 27.2 Å². The summed E-state index contributed by atoms with van der Waals surface area (Å²) in [6.45, 7) is 1.67. The predicted molar refractivity (Wildman–Crippen MR) is 76.4 cm³/mol. The van der Waals surface area contributed by atoms with Gasteiger partial charge in [-0.1, -0.05) is 23.2 Å². The number of ether oxygens (including phenoxy) is 1. The number of hydrogen-bond acceptors (Lipinski definition) is 4. The Kier molecular flexibility index (Phi) is 3.61. The average Bonchev–Trinajstić information content (AvgIpc) is 2.81. The van der Waals surface area contributed by atoms with Crippen molar-refractivity contribution >= 4 is 45.8 Å². The Morgan fingerprint density at radius 2 is 1.80 bits per heavy atom. The summed E-state index contributed by atoms with van der Waals surface area (Å²) in [6, 6.07) is 3.19. The summed E-state index contributed by atoms with van der Waals surface area (Å²) >= 11 is 18.0. The molecule has 0 amide bonds. The van der Waals surface area contributed by atoms with E-state index in [-0.39, 0.29) is 5.28 Å². The molecule has 3 rings (SSSR count). The highest BCUT2D eigenvalue weighted by Gasteiger charge is 2.42. The monoisotopic (exact) mass is 336 g/mol. The van der Waals surface area contributed by atoms with Crippen LogP contribution in [0.1, 0.15) is 13.2 Å². The van der Waals surface area contributed by atoms with Crippen LogP contribution >= 0.6 is 34.8 Å². The maximum Gasteiger partial charge on any atom is 0.206 e. The van der Waals surface area contributed by atoms with Crippen LogP contribution in [-0.2, 0) is 4.74 Å². The van der Waals surface area contributed by atoms with Gasteiger partial charge in [-0.3, -0.25) is 4.57 Å². The van der Waals surface area contributed by atoms with E-state index < -0.39 is 24.5 Å². The number of aromatic nitrogens is 2. The van der Waals surface area contributed by atoms with Gasteiger partial charge in [0.2, 0.25) is 5.28 Å². The van der Waals surface area contributed by atoms with Crippen LogP contribution in [0.3, 0.4) is 0 Å². The summed E-state index contributed by atoms with van der Waals surface area (Å²) in [5.41, 5.74) is 1.11. The van der Waals surface area contributed by atoms with Crippen LogP contribution < -0.4 is 0 Å². The predicted octanol–water partition coefficient (Wildman–Crippen LogP) is 2.64. The molecule has 20 heavy (non-hydrogen) atoms. The molecule has 0 spiro atoms. The number of aliphatic hydroxyl groups excluding tert-OH is 2. The first-order chi connectivity index (χ1) is 9.40. The lowest BCUT2D eigenvalue weighted by atomic mass is 10.1. The molecule has 0 radical (unpaired) electrons. The number of imidazole rings is 1. The van der Waals surface area contributed by atoms with Crippen molar-refractivity contribution in [3.63, 3.8) is 0 Å². The molecule has 0 bridgehead atoms. The lowest BCUT2D eigenvalue weighted by molar-refractivity contribution is -0.0294. The van der Waals surface area contributed by atoms with Crippen LogP contribution in [0.2, 0.25) is 15.3 Å². The van der Waals surface area contributed by atoms with Gasteiger partial charge in [-0.05, 0) is 30.7 Å². The summed E-state index contributed by atoms with van der Waals surface area (Å²) < 4.78 is 7.05. The van der Waals surface area contributed by atoms with Gasteiger partial charge >= 0.3 is 0 Å². The van der Waals surface area contributed by atoms with Crippen molar-refractivity contribution in [1.82, 2.24) is 9.55 Å². The van der Waals surface area contributed by atoms with E-state index in [1.165, 1.54) is 4.57 Å². The maximum absolute atomic E-state index is 10.1. The summed E-state index contributed by atoms with van der Waals surface area (Å²) in [6.07, 6.45) is -3.42. The van der Waals surface area contributed by atoms with E-state index >= 15 is 0 Å². The van der Waals surface area contributed by atoms with Gasteiger partial charge in [0.1, 0.15) is 12.2 Å². The normalized spacial score (nSPS) is 30.3. The van der Waals surface area contributed by atoms with Crippen LogP contribution in [0.25, 0.3) is 11.0 Å². The zero-order valence-electron chi connectivity index (χ0n) is 10.3. The van der Waals surface area contributed by atoms with E-state index in [4.69, 9.17) is 39.5 Å². The number of halogens is 3. The van der Waals surface area contributed by atoms with Crippen molar-refractivity contribution in [2.75, 3.05) is 0 Å². The molecule has 1 aromatic carbocycles. The first-order valence-electron chi connectivity index (χ1n) is 5.94. The fourth-order valence-corrected chi connectivity index (χ4v) is 2.94. The van der Waals surface area contributed by atoms with Crippen LogP contribution in [0, 0.1) is 0 Å². The third-order valence-electron chi connectivity index (χ3n) is 3.42. The van der Waals surface area contributed by atoms with Crippen molar-refractivity contribution in [1.29, 1.82) is 0 Å². The van der Waals surface area contributed by atoms with Gasteiger partial charge in [-0.25, -0.2) is 4.98 Å². The van der Waals surface area contributed by atoms with Crippen molar-refractivity contribution in [2.45, 2.75) is 31.5 Å². The first-order valence-corrected chi connectivity index (χ1v) is 7.07. The van der Waals surface area contributed by atoms with Crippen LogP contribution in [0.15, 0.2) is 12.1 Å². The van der Waals surface area contributed by atoms with Crippen molar-refractivity contribution < 1.29 is 14.9 Å². The summed E-state index contributed by atoms with van der Waals surface area (Å²) in [5, 5.41) is 20.7. The van der Waals surface area contributed by atoms with E-state index in [2.05, 4.69) is 4.98 Å². The molecular weight excluding hydrogens is 327 g/mol. The molecule has 0 saturated carbocycles. The molecule has 2 N–H and O–H groups in total. The van der Waals surface area contributed by atoms with E-state index in [1.54, 1.807) is 19.1 Å². The number of fused-ring (bicyclic) bond motifs is 1. The molecule has 4 atom stereocenters. The third kappa shape index (κ3) is 2.09. The van der Waals surface area contributed by atoms with Gasteiger partial charge in [0, 0.05) is 0 Å². The Morgan fingerprint density at radius 1 is 1.15 bits per heavy atom. The van der Waals surface area contributed by atoms with E-state index in [0.29, 0.717) is 21.1 Å². The van der Waals surface area contributed by atoms with Crippen LogP contribution in [-0.4, -0.2) is 38.1 Å². The molecule has 1 aliphatic heterocycles. The van der Waals surface area contributed by atoms with Gasteiger partial charge in [-0.2, -0.15) is 0 Å². The number of rotatable bonds is 1. The fourth-order valence-electron chi connectivity index (χ4n) is 2.34. The number of aliphatic hydroxyl groups is 2. The molecule has 1 fully saturated rings. The van der Waals surface area contributed by atoms with Gasteiger partial charge in [0.15, 0.2) is 6.23 Å². The lowest BCUT2D eigenvalue weighted by Gasteiger charge is -2.18. The standard InChI is InChI=1S/C12H11Cl3N2O3/c1-4-9(18)10(19)11(20-4)17-8-3-6(14)5(13)2-7(8)16-12(17)15/h2-4,9-11,18-19H,1H3/t4-,9+,10+,11-/m1/s1. The van der Waals surface area contributed by atoms with Crippen molar-refractivity contribution in [3.05, 3.63) is 27.5 Å². The SMILES string of the molecule is C[C@H]1O[C@@H](n2c(Cl)nc3cc(Cl)c(Cl)cc32)[C@@H](O)[C@H]1O. The lowest BCUT2D eigenvalue weighted by Crippen LogP contribution is -2.30. The summed E-state index contributed by atoms with van der Waals surface area (Å²) in [5.74, 6) is 0. The molecule has 1 aliphatic rings. The number of nitrogens with zero attached hydrogens (tertiary/aromatic N) is 2. The van der Waals surface area contributed by atoms with Crippen LogP contribution in [0.4, 0.5) is 0 Å². The van der Waals surface area contributed by atoms with Gasteiger partial charge in [0.25, 0.3) is 0 Å². The Morgan fingerprint density at radius 3 is 2.40 bits per heavy atom. The third-order valence-corrected chi connectivity index (χ3v) is 4.41. The molecule has 0 unspecified atom stereocenters. The minimum atomic E-state index is -1.10. The van der Waals surface area contributed by atoms with E-state index in [1.807, 2.05) is 0 Å². The highest BCUT2D eigenvalue weighted by atomic mass is 35.5. The average molecular weight is 338 g/mol. The molecule has 8 heteroatoms. The van der Waals surface area contributed by atoms with Gasteiger partial charge < -0.3 is 14.9 Å². The topological polar surface area (TPSA) is 67.5 Å². The molecule has 2 heterocycles. The molecule has 2 aromatic rings. The van der Waals surface area contributed by atoms with Crippen molar-refractivity contribution in [3.8, 4) is 0 Å². The minimum Gasteiger partial charge on any atom is -0.388 e. The van der Waals surface area contributed by atoms with Crippen molar-refractivity contribution in [2.24, 2.45) is 0 Å². The smallest absolute Gasteiger partial charge is 0.206 e. The zero-order chi connectivity index (χ0) is 14.6. The second kappa shape index (κ2) is 5.02. The van der Waals surface area contributed by atoms with Crippen LogP contribution in [0.5, 0.6) is 0 Å². The number of hydrogen-bond donors (Lipinski definition) is 2. The maximum atomic E-state index is 10.1. The summed E-state index contributed by atoms with van der Waals surface area (Å²) in [7, 11) is 0. The van der Waals surface area contributed by atoms with E-state index in [9.17, 15) is 10.2 Å². The Hall–Kier alpha value is -0.560. The second-order valence-electron chi connectivity index (χ2n) is 4.72. The summed E-state index contributed by atoms with van der Waals surface area (Å²) in [4.78, 5) is 4.16. The Bertz CT molecular complexity index is 676. The Balaban J connectivity index is 2.17. The largest absolute Gasteiger partial charge is 0.388 e. The molecule has 108 valence electrons. The van der Waals surface area contributed by atoms with E-state index in [0.717, 1.165) is 0 Å². The molecule has 0 aliphatic carbocycles.